The van der Waals surface area contributed by atoms with Gasteiger partial charge in [-0.15, -0.1) is 11.6 Å². The number of rotatable bonds is 5. The summed E-state index contributed by atoms with van der Waals surface area (Å²) < 4.78 is 5.79. The summed E-state index contributed by atoms with van der Waals surface area (Å²) in [5.41, 5.74) is -0.863. The second kappa shape index (κ2) is 5.10. The molecular formula is C10H19ClO2Si. The van der Waals surface area contributed by atoms with Gasteiger partial charge in [-0.3, -0.25) is 4.79 Å². The van der Waals surface area contributed by atoms with Gasteiger partial charge in [-0.05, 0) is 39.6 Å². The number of carbonyl (C=O) groups is 1. The molecule has 0 aliphatic rings. The summed E-state index contributed by atoms with van der Waals surface area (Å²) in [4.78, 5) is 11.7. The molecule has 0 saturated carbocycles. The first-order chi connectivity index (χ1) is 6.25. The van der Waals surface area contributed by atoms with E-state index in [4.69, 9.17) is 16.0 Å². The lowest BCUT2D eigenvalue weighted by Crippen LogP contribution is -2.47. The Morgan fingerprint density at radius 1 is 1.50 bits per heavy atom. The van der Waals surface area contributed by atoms with Crippen LogP contribution in [0.2, 0.25) is 19.6 Å². The standard InChI is InChI=1S/C10H19ClO2Si/c1-6-7-9(12)10(2,8-11)13-14(3,4)5/h6-7H,8H2,1-5H3/b7-6-. The Hall–Kier alpha value is -0.123. The van der Waals surface area contributed by atoms with Crippen LogP contribution < -0.4 is 0 Å². The van der Waals surface area contributed by atoms with Crippen molar-refractivity contribution in [2.24, 2.45) is 0 Å². The minimum atomic E-state index is -1.74. The molecule has 0 bridgehead atoms. The van der Waals surface area contributed by atoms with Crippen molar-refractivity contribution in [3.8, 4) is 0 Å². The van der Waals surface area contributed by atoms with Crippen molar-refractivity contribution >= 4 is 25.7 Å². The summed E-state index contributed by atoms with van der Waals surface area (Å²) in [6.07, 6.45) is 3.23. The van der Waals surface area contributed by atoms with Gasteiger partial charge < -0.3 is 4.43 Å². The van der Waals surface area contributed by atoms with E-state index in [2.05, 4.69) is 0 Å². The van der Waals surface area contributed by atoms with E-state index >= 15 is 0 Å². The van der Waals surface area contributed by atoms with E-state index in [0.717, 1.165) is 0 Å². The van der Waals surface area contributed by atoms with Gasteiger partial charge in [0, 0.05) is 0 Å². The number of halogens is 1. The average Bonchev–Trinajstić information content (AvgIpc) is 2.01. The van der Waals surface area contributed by atoms with Crippen molar-refractivity contribution in [1.29, 1.82) is 0 Å². The molecule has 0 aromatic carbocycles. The maximum absolute atomic E-state index is 11.7. The molecule has 0 N–H and O–H groups in total. The van der Waals surface area contributed by atoms with E-state index in [0.29, 0.717) is 0 Å². The van der Waals surface area contributed by atoms with Gasteiger partial charge in [-0.25, -0.2) is 0 Å². The highest BCUT2D eigenvalue weighted by Crippen LogP contribution is 2.21. The van der Waals surface area contributed by atoms with Crippen LogP contribution in [-0.2, 0) is 9.22 Å². The van der Waals surface area contributed by atoms with Crippen molar-refractivity contribution in [3.05, 3.63) is 12.2 Å². The van der Waals surface area contributed by atoms with E-state index in [1.807, 2.05) is 19.6 Å². The third kappa shape index (κ3) is 4.40. The quantitative estimate of drug-likeness (QED) is 0.415. The molecular weight excluding hydrogens is 216 g/mol. The fraction of sp³-hybridized carbons (Fsp3) is 0.700. The van der Waals surface area contributed by atoms with Crippen LogP contribution in [0.15, 0.2) is 12.2 Å². The highest BCUT2D eigenvalue weighted by atomic mass is 35.5. The number of alkyl halides is 1. The van der Waals surface area contributed by atoms with Crippen LogP contribution in [0.4, 0.5) is 0 Å². The van der Waals surface area contributed by atoms with E-state index in [1.54, 1.807) is 19.9 Å². The van der Waals surface area contributed by atoms with Gasteiger partial charge in [0.1, 0.15) is 5.60 Å². The third-order valence-electron chi connectivity index (χ3n) is 1.63. The van der Waals surface area contributed by atoms with Crippen LogP contribution in [0.1, 0.15) is 13.8 Å². The summed E-state index contributed by atoms with van der Waals surface area (Å²) in [6.45, 7) is 9.68. The van der Waals surface area contributed by atoms with Crippen molar-refractivity contribution in [2.45, 2.75) is 39.1 Å². The SMILES string of the molecule is C/C=C\C(=O)C(C)(CCl)O[Si](C)(C)C. The van der Waals surface area contributed by atoms with Gasteiger partial charge >= 0.3 is 0 Å². The molecule has 0 aliphatic heterocycles. The molecule has 82 valence electrons. The van der Waals surface area contributed by atoms with Gasteiger partial charge in [0.25, 0.3) is 0 Å². The summed E-state index contributed by atoms with van der Waals surface area (Å²) in [5.74, 6) is 0.137. The van der Waals surface area contributed by atoms with Crippen molar-refractivity contribution in [1.82, 2.24) is 0 Å². The zero-order chi connectivity index (χ0) is 11.4. The number of hydrogen-bond donors (Lipinski definition) is 0. The van der Waals surface area contributed by atoms with E-state index < -0.39 is 13.9 Å². The largest absolute Gasteiger partial charge is 0.404 e. The number of carbonyl (C=O) groups excluding carboxylic acids is 1. The van der Waals surface area contributed by atoms with Crippen LogP contribution >= 0.6 is 11.6 Å². The second-order valence-electron chi connectivity index (χ2n) is 4.44. The summed E-state index contributed by atoms with van der Waals surface area (Å²) in [5, 5.41) is 0. The predicted molar refractivity (Wildman–Crippen MR) is 63.4 cm³/mol. The summed E-state index contributed by atoms with van der Waals surface area (Å²) in [6, 6.07) is 0. The molecule has 0 spiro atoms. The molecule has 0 aromatic rings. The first-order valence-corrected chi connectivity index (χ1v) is 8.63. The molecule has 0 amide bonds. The zero-order valence-corrected chi connectivity index (χ0v) is 11.3. The van der Waals surface area contributed by atoms with Crippen LogP contribution in [0.5, 0.6) is 0 Å². The Balaban J connectivity index is 4.72. The third-order valence-corrected chi connectivity index (χ3v) is 3.20. The molecule has 2 nitrogen and oxygen atoms in total. The zero-order valence-electron chi connectivity index (χ0n) is 9.56. The Bertz CT molecular complexity index is 233. The fourth-order valence-corrected chi connectivity index (χ4v) is 2.95. The Morgan fingerprint density at radius 3 is 2.29 bits per heavy atom. The molecule has 1 unspecified atom stereocenters. The van der Waals surface area contributed by atoms with Crippen molar-refractivity contribution in [2.75, 3.05) is 5.88 Å². The monoisotopic (exact) mass is 234 g/mol. The molecule has 0 rings (SSSR count). The number of ketones is 1. The Labute approximate surface area is 92.4 Å². The lowest BCUT2D eigenvalue weighted by molar-refractivity contribution is -0.127. The second-order valence-corrected chi connectivity index (χ2v) is 9.14. The lowest BCUT2D eigenvalue weighted by atomic mass is 10.0. The van der Waals surface area contributed by atoms with Crippen molar-refractivity contribution in [3.63, 3.8) is 0 Å². The fourth-order valence-electron chi connectivity index (χ4n) is 1.15. The predicted octanol–water partition coefficient (Wildman–Crippen LogP) is 2.98. The summed E-state index contributed by atoms with van der Waals surface area (Å²) in [7, 11) is -1.74. The molecule has 0 radical (unpaired) electrons. The smallest absolute Gasteiger partial charge is 0.186 e. The molecule has 1 atom stereocenters. The molecule has 0 heterocycles. The Morgan fingerprint density at radius 2 is 2.00 bits per heavy atom. The molecule has 0 aromatic heterocycles. The molecule has 4 heteroatoms. The van der Waals surface area contributed by atoms with Gasteiger partial charge in [0.2, 0.25) is 0 Å². The van der Waals surface area contributed by atoms with Crippen LogP contribution in [0.3, 0.4) is 0 Å². The first kappa shape index (κ1) is 13.9. The highest BCUT2D eigenvalue weighted by molar-refractivity contribution is 6.70. The van der Waals surface area contributed by atoms with Gasteiger partial charge in [0.05, 0.1) is 5.88 Å². The van der Waals surface area contributed by atoms with Crippen LogP contribution in [0, 0.1) is 0 Å². The molecule has 0 fully saturated rings. The minimum absolute atomic E-state index is 0.0579. The maximum Gasteiger partial charge on any atom is 0.186 e. The maximum atomic E-state index is 11.7. The van der Waals surface area contributed by atoms with E-state index in [-0.39, 0.29) is 11.7 Å². The Kier molecular flexibility index (Phi) is 5.05. The topological polar surface area (TPSA) is 26.3 Å². The molecule has 0 aliphatic carbocycles. The number of hydrogen-bond acceptors (Lipinski definition) is 2. The average molecular weight is 235 g/mol. The van der Waals surface area contributed by atoms with Gasteiger partial charge in [0.15, 0.2) is 14.1 Å². The number of allylic oxidation sites excluding steroid dienone is 1. The van der Waals surface area contributed by atoms with Gasteiger partial charge in [-0.2, -0.15) is 0 Å². The lowest BCUT2D eigenvalue weighted by Gasteiger charge is -2.32. The highest BCUT2D eigenvalue weighted by Gasteiger charge is 2.36. The van der Waals surface area contributed by atoms with Gasteiger partial charge in [-0.1, -0.05) is 6.08 Å². The van der Waals surface area contributed by atoms with E-state index in [1.165, 1.54) is 6.08 Å². The van der Waals surface area contributed by atoms with Crippen LogP contribution in [0.25, 0.3) is 0 Å². The molecule has 0 saturated heterocycles. The van der Waals surface area contributed by atoms with Crippen molar-refractivity contribution < 1.29 is 9.22 Å². The van der Waals surface area contributed by atoms with Crippen LogP contribution in [-0.4, -0.2) is 25.6 Å². The normalized spacial score (nSPS) is 17.0. The molecule has 14 heavy (non-hydrogen) atoms. The minimum Gasteiger partial charge on any atom is -0.404 e. The first-order valence-electron chi connectivity index (χ1n) is 4.68. The summed E-state index contributed by atoms with van der Waals surface area (Å²) >= 11 is 5.79. The van der Waals surface area contributed by atoms with E-state index in [9.17, 15) is 4.79 Å².